The smallest absolute Gasteiger partial charge is 0.406 e. The number of hydrogen-bond acceptors (Lipinski definition) is 6. The van der Waals surface area contributed by atoms with Gasteiger partial charge in [0.25, 0.3) is 0 Å². The molecule has 0 aliphatic heterocycles. The molecule has 2 N–H and O–H groups in total. The molecule has 0 fully saturated rings. The number of carbonyl (C=O) groups excluding carboxylic acids is 1. The summed E-state index contributed by atoms with van der Waals surface area (Å²) in [6.07, 6.45) is -2.25. The molecule has 0 saturated carbocycles. The molecule has 0 aliphatic rings. The van der Waals surface area contributed by atoms with E-state index >= 15 is 0 Å². The Balaban J connectivity index is 1.78. The molecular formula is C16H12F3N5O3. The summed E-state index contributed by atoms with van der Waals surface area (Å²) in [5.74, 6) is -0.0824. The largest absolute Gasteiger partial charge is 0.573 e. The SMILES string of the molecule is N=c1ccc(-c2ccc(OC(F)(F)F)cc2)cn1C(=O)NCc1ncon1. The Morgan fingerprint density at radius 2 is 1.89 bits per heavy atom. The van der Waals surface area contributed by atoms with Crippen LogP contribution in [-0.4, -0.2) is 27.1 Å². The molecule has 1 amide bonds. The van der Waals surface area contributed by atoms with Gasteiger partial charge in [-0.25, -0.2) is 4.79 Å². The van der Waals surface area contributed by atoms with Crippen LogP contribution in [0, 0.1) is 5.41 Å². The van der Waals surface area contributed by atoms with E-state index < -0.39 is 12.4 Å². The highest BCUT2D eigenvalue weighted by Crippen LogP contribution is 2.26. The first-order valence-electron chi connectivity index (χ1n) is 7.49. The predicted molar refractivity (Wildman–Crippen MR) is 84.3 cm³/mol. The maximum atomic E-state index is 12.3. The lowest BCUT2D eigenvalue weighted by Crippen LogP contribution is -2.35. The van der Waals surface area contributed by atoms with Gasteiger partial charge in [0.15, 0.2) is 5.82 Å². The first-order valence-corrected chi connectivity index (χ1v) is 7.49. The van der Waals surface area contributed by atoms with Gasteiger partial charge in [-0.3, -0.25) is 9.98 Å². The van der Waals surface area contributed by atoms with Crippen molar-refractivity contribution in [2.45, 2.75) is 12.9 Å². The van der Waals surface area contributed by atoms with Crippen LogP contribution in [0.25, 0.3) is 11.1 Å². The lowest BCUT2D eigenvalue weighted by molar-refractivity contribution is -0.274. The van der Waals surface area contributed by atoms with E-state index in [-0.39, 0.29) is 23.6 Å². The van der Waals surface area contributed by atoms with Crippen molar-refractivity contribution < 1.29 is 27.2 Å². The number of hydrogen-bond donors (Lipinski definition) is 2. The Kier molecular flexibility index (Phi) is 4.92. The molecule has 0 unspecified atom stereocenters. The summed E-state index contributed by atoms with van der Waals surface area (Å²) in [5, 5.41) is 13.9. The van der Waals surface area contributed by atoms with E-state index in [1.165, 1.54) is 24.4 Å². The van der Waals surface area contributed by atoms with Gasteiger partial charge in [-0.05, 0) is 35.4 Å². The van der Waals surface area contributed by atoms with Crippen molar-refractivity contribution >= 4 is 6.03 Å². The van der Waals surface area contributed by atoms with Gasteiger partial charge in [0.1, 0.15) is 11.2 Å². The van der Waals surface area contributed by atoms with Crippen LogP contribution < -0.4 is 15.5 Å². The molecule has 3 rings (SSSR count). The van der Waals surface area contributed by atoms with Crippen molar-refractivity contribution in [2.75, 3.05) is 0 Å². The second-order valence-electron chi connectivity index (χ2n) is 5.25. The average molecular weight is 379 g/mol. The van der Waals surface area contributed by atoms with Gasteiger partial charge in [-0.2, -0.15) is 4.98 Å². The van der Waals surface area contributed by atoms with Gasteiger partial charge in [0, 0.05) is 6.20 Å². The van der Waals surface area contributed by atoms with Crippen molar-refractivity contribution in [2.24, 2.45) is 0 Å². The monoisotopic (exact) mass is 379 g/mol. The van der Waals surface area contributed by atoms with Crippen molar-refractivity contribution in [3.05, 3.63) is 60.3 Å². The Hall–Kier alpha value is -3.63. The number of aromatic nitrogens is 3. The quantitative estimate of drug-likeness (QED) is 0.725. The van der Waals surface area contributed by atoms with E-state index in [9.17, 15) is 18.0 Å². The van der Waals surface area contributed by atoms with Gasteiger partial charge in [0.2, 0.25) is 6.39 Å². The van der Waals surface area contributed by atoms with Crippen LogP contribution in [-0.2, 0) is 6.54 Å². The zero-order valence-corrected chi connectivity index (χ0v) is 13.5. The highest BCUT2D eigenvalue weighted by atomic mass is 19.4. The number of nitrogens with one attached hydrogen (secondary N) is 2. The molecule has 0 bridgehead atoms. The molecular weight excluding hydrogens is 367 g/mol. The van der Waals surface area contributed by atoms with E-state index in [4.69, 9.17) is 5.41 Å². The topological polar surface area (TPSA) is 106 Å². The summed E-state index contributed by atoms with van der Waals surface area (Å²) in [6.45, 7) is 0.00940. The molecule has 2 heterocycles. The third-order valence-electron chi connectivity index (χ3n) is 3.39. The van der Waals surface area contributed by atoms with E-state index in [0.717, 1.165) is 23.1 Å². The van der Waals surface area contributed by atoms with E-state index in [1.807, 2.05) is 0 Å². The number of benzene rings is 1. The normalized spacial score (nSPS) is 11.2. The minimum atomic E-state index is -4.77. The maximum absolute atomic E-state index is 12.3. The number of halogens is 3. The minimum Gasteiger partial charge on any atom is -0.406 e. The van der Waals surface area contributed by atoms with Crippen molar-refractivity contribution in [1.82, 2.24) is 20.0 Å². The number of nitrogens with zero attached hydrogens (tertiary/aromatic N) is 3. The summed E-state index contributed by atoms with van der Waals surface area (Å²) >= 11 is 0. The van der Waals surface area contributed by atoms with Crippen LogP contribution in [0.1, 0.15) is 5.82 Å². The molecule has 0 saturated heterocycles. The van der Waals surface area contributed by atoms with E-state index in [1.54, 1.807) is 6.07 Å². The van der Waals surface area contributed by atoms with Gasteiger partial charge >= 0.3 is 12.4 Å². The summed E-state index contributed by atoms with van der Waals surface area (Å²) in [7, 11) is 0. The molecule has 11 heteroatoms. The molecule has 1 aromatic carbocycles. The van der Waals surface area contributed by atoms with Crippen molar-refractivity contribution in [3.63, 3.8) is 0 Å². The van der Waals surface area contributed by atoms with Gasteiger partial charge in [0.05, 0.1) is 6.54 Å². The fourth-order valence-corrected chi connectivity index (χ4v) is 2.20. The van der Waals surface area contributed by atoms with Gasteiger partial charge < -0.3 is 14.6 Å². The standard InChI is InChI=1S/C16H12F3N5O3/c17-16(18,19)27-12-4-1-10(2-5-12)11-3-6-13(20)24(8-11)15(25)21-7-14-22-9-26-23-14/h1-6,8-9,20H,7H2,(H,21,25). The minimum absolute atomic E-state index is 0.00940. The maximum Gasteiger partial charge on any atom is 0.573 e. The predicted octanol–water partition coefficient (Wildman–Crippen LogP) is 2.67. The second kappa shape index (κ2) is 7.32. The summed E-state index contributed by atoms with van der Waals surface area (Å²) in [6, 6.07) is 7.54. The second-order valence-corrected chi connectivity index (χ2v) is 5.25. The number of ether oxygens (including phenoxy) is 1. The third kappa shape index (κ3) is 4.71. The summed E-state index contributed by atoms with van der Waals surface area (Å²) in [5.41, 5.74) is 0.991. The number of carbonyl (C=O) groups is 1. The van der Waals surface area contributed by atoms with Gasteiger partial charge in [-0.15, -0.1) is 13.2 Å². The highest BCUT2D eigenvalue weighted by molar-refractivity contribution is 5.78. The summed E-state index contributed by atoms with van der Waals surface area (Å²) in [4.78, 5) is 16.0. The molecule has 0 radical (unpaired) electrons. The Labute approximate surface area is 149 Å². The zero-order valence-electron chi connectivity index (χ0n) is 13.5. The fourth-order valence-electron chi connectivity index (χ4n) is 2.20. The van der Waals surface area contributed by atoms with Crippen LogP contribution in [0.15, 0.2) is 53.5 Å². The number of pyridine rings is 1. The third-order valence-corrected chi connectivity index (χ3v) is 3.39. The van der Waals surface area contributed by atoms with E-state index in [0.29, 0.717) is 11.1 Å². The van der Waals surface area contributed by atoms with Crippen LogP contribution in [0.4, 0.5) is 18.0 Å². The van der Waals surface area contributed by atoms with Crippen LogP contribution in [0.2, 0.25) is 0 Å². The van der Waals surface area contributed by atoms with Crippen LogP contribution in [0.5, 0.6) is 5.75 Å². The number of alkyl halides is 3. The fraction of sp³-hybridized carbons (Fsp3) is 0.125. The molecule has 140 valence electrons. The summed E-state index contributed by atoms with van der Waals surface area (Å²) < 4.78 is 46.1. The Morgan fingerprint density at radius 1 is 1.19 bits per heavy atom. The molecule has 0 spiro atoms. The Bertz CT molecular complexity index is 982. The molecule has 3 aromatic rings. The molecule has 27 heavy (non-hydrogen) atoms. The first-order chi connectivity index (χ1) is 12.8. The molecule has 0 aliphatic carbocycles. The van der Waals surface area contributed by atoms with Crippen molar-refractivity contribution in [3.8, 4) is 16.9 Å². The molecule has 0 atom stereocenters. The number of rotatable bonds is 4. The first kappa shape index (κ1) is 18.2. The Morgan fingerprint density at radius 3 is 2.52 bits per heavy atom. The molecule has 8 nitrogen and oxygen atoms in total. The highest BCUT2D eigenvalue weighted by Gasteiger charge is 2.30. The number of amides is 1. The van der Waals surface area contributed by atoms with E-state index in [2.05, 4.69) is 24.7 Å². The van der Waals surface area contributed by atoms with Crippen LogP contribution in [0.3, 0.4) is 0 Å². The zero-order chi connectivity index (χ0) is 19.4. The van der Waals surface area contributed by atoms with Gasteiger partial charge in [-0.1, -0.05) is 17.3 Å². The average Bonchev–Trinajstić information content (AvgIpc) is 3.13. The lowest BCUT2D eigenvalue weighted by Gasteiger charge is -2.11. The van der Waals surface area contributed by atoms with Crippen molar-refractivity contribution in [1.29, 1.82) is 5.41 Å². The lowest BCUT2D eigenvalue weighted by atomic mass is 10.1. The van der Waals surface area contributed by atoms with Crippen LogP contribution >= 0.6 is 0 Å². The molecule has 2 aromatic heterocycles.